The quantitative estimate of drug-likeness (QED) is 0.593. The van der Waals surface area contributed by atoms with E-state index in [1.165, 1.54) is 24.8 Å². The molecule has 3 aromatic rings. The Morgan fingerprint density at radius 1 is 1.13 bits per heavy atom. The molecule has 0 spiro atoms. The third-order valence-electron chi connectivity index (χ3n) is 5.72. The van der Waals surface area contributed by atoms with Crippen LogP contribution in [0.3, 0.4) is 0 Å². The number of fused-ring (bicyclic) bond motifs is 1. The van der Waals surface area contributed by atoms with E-state index in [-0.39, 0.29) is 0 Å². The third-order valence-corrected chi connectivity index (χ3v) is 5.94. The lowest BCUT2D eigenvalue weighted by Crippen LogP contribution is -2.39. The molecule has 1 fully saturated rings. The second-order valence-corrected chi connectivity index (χ2v) is 8.55. The SMILES string of the molecule is Cc1cc(C)c2nc(-n3ncc(C#N)c3NC(=S)NC3CCCCC3)cc(C)c2c1. The standard InChI is InChI=1S/C23H26N6S/c1-14-9-16(3)21-19(10-14)15(2)11-20(27-21)29-22(17(12-24)13-25-29)28-23(30)26-18-7-5-4-6-8-18/h9-11,13,18H,4-8H2,1-3H3,(H2,26,28,30). The number of aryl methyl sites for hydroxylation is 3. The smallest absolute Gasteiger partial charge is 0.172 e. The van der Waals surface area contributed by atoms with Gasteiger partial charge in [0.25, 0.3) is 0 Å². The first-order chi connectivity index (χ1) is 14.5. The first kappa shape index (κ1) is 20.3. The molecule has 1 aliphatic carbocycles. The maximum Gasteiger partial charge on any atom is 0.172 e. The highest BCUT2D eigenvalue weighted by Gasteiger charge is 2.19. The fourth-order valence-electron chi connectivity index (χ4n) is 4.24. The zero-order chi connectivity index (χ0) is 21.3. The van der Waals surface area contributed by atoms with Crippen molar-refractivity contribution in [1.29, 1.82) is 5.26 Å². The van der Waals surface area contributed by atoms with Crippen molar-refractivity contribution in [3.05, 3.63) is 46.6 Å². The van der Waals surface area contributed by atoms with Gasteiger partial charge in [-0.15, -0.1) is 0 Å². The van der Waals surface area contributed by atoms with Gasteiger partial charge in [-0.05, 0) is 69.1 Å². The van der Waals surface area contributed by atoms with Gasteiger partial charge in [0.15, 0.2) is 16.7 Å². The Morgan fingerprint density at radius 2 is 1.90 bits per heavy atom. The van der Waals surface area contributed by atoms with Gasteiger partial charge >= 0.3 is 0 Å². The molecule has 0 unspecified atom stereocenters. The second kappa shape index (κ2) is 8.41. The maximum atomic E-state index is 9.59. The van der Waals surface area contributed by atoms with Crippen molar-refractivity contribution in [1.82, 2.24) is 20.1 Å². The van der Waals surface area contributed by atoms with Crippen LogP contribution in [0.4, 0.5) is 5.82 Å². The number of hydrogen-bond acceptors (Lipinski definition) is 4. The van der Waals surface area contributed by atoms with Crippen molar-refractivity contribution < 1.29 is 0 Å². The number of benzene rings is 1. The molecule has 0 radical (unpaired) electrons. The Labute approximate surface area is 182 Å². The van der Waals surface area contributed by atoms with E-state index in [0.717, 1.165) is 34.9 Å². The minimum atomic E-state index is 0.382. The normalized spacial score (nSPS) is 14.5. The van der Waals surface area contributed by atoms with Crippen LogP contribution in [0.1, 0.15) is 54.4 Å². The number of nitrogens with zero attached hydrogens (tertiary/aromatic N) is 4. The van der Waals surface area contributed by atoms with E-state index in [2.05, 4.69) is 54.7 Å². The molecule has 0 bridgehead atoms. The number of rotatable bonds is 3. The maximum absolute atomic E-state index is 9.59. The molecular formula is C23H26N6S. The Kier molecular flexibility index (Phi) is 5.69. The lowest BCUT2D eigenvalue weighted by Gasteiger charge is -2.24. The van der Waals surface area contributed by atoms with E-state index < -0.39 is 0 Å². The van der Waals surface area contributed by atoms with E-state index >= 15 is 0 Å². The van der Waals surface area contributed by atoms with Crippen LogP contribution in [0.5, 0.6) is 0 Å². The summed E-state index contributed by atoms with van der Waals surface area (Å²) in [6.45, 7) is 6.23. The van der Waals surface area contributed by atoms with Crippen LogP contribution in [0.15, 0.2) is 24.4 Å². The molecule has 0 saturated heterocycles. The lowest BCUT2D eigenvalue weighted by atomic mass is 9.96. The number of nitrogens with one attached hydrogen (secondary N) is 2. The van der Waals surface area contributed by atoms with Crippen LogP contribution >= 0.6 is 12.2 Å². The van der Waals surface area contributed by atoms with Crippen LogP contribution in [0.2, 0.25) is 0 Å². The highest BCUT2D eigenvalue weighted by atomic mass is 32.1. The zero-order valence-corrected chi connectivity index (χ0v) is 18.4. The predicted molar refractivity (Wildman–Crippen MR) is 124 cm³/mol. The van der Waals surface area contributed by atoms with Crippen molar-refractivity contribution in [2.45, 2.75) is 58.9 Å². The van der Waals surface area contributed by atoms with Gasteiger partial charge < -0.3 is 10.6 Å². The van der Waals surface area contributed by atoms with Crippen LogP contribution in [-0.2, 0) is 0 Å². The molecule has 2 heterocycles. The molecule has 30 heavy (non-hydrogen) atoms. The summed E-state index contributed by atoms with van der Waals surface area (Å²) in [5.41, 5.74) is 4.82. The van der Waals surface area contributed by atoms with Gasteiger partial charge in [-0.2, -0.15) is 15.0 Å². The largest absolute Gasteiger partial charge is 0.360 e. The van der Waals surface area contributed by atoms with Crippen LogP contribution < -0.4 is 10.6 Å². The summed E-state index contributed by atoms with van der Waals surface area (Å²) in [7, 11) is 0. The molecule has 0 atom stereocenters. The summed E-state index contributed by atoms with van der Waals surface area (Å²) in [4.78, 5) is 4.87. The number of nitriles is 1. The molecule has 0 aliphatic heterocycles. The van der Waals surface area contributed by atoms with Crippen LogP contribution in [0.25, 0.3) is 16.7 Å². The second-order valence-electron chi connectivity index (χ2n) is 8.14. The van der Waals surface area contributed by atoms with Crippen molar-refractivity contribution >= 4 is 34.1 Å². The van der Waals surface area contributed by atoms with Crippen molar-refractivity contribution in [2.75, 3.05) is 5.32 Å². The molecule has 4 rings (SSSR count). The predicted octanol–water partition coefficient (Wildman–Crippen LogP) is 4.84. The van der Waals surface area contributed by atoms with Gasteiger partial charge in [-0.1, -0.05) is 30.9 Å². The summed E-state index contributed by atoms with van der Waals surface area (Å²) in [5.74, 6) is 1.21. The van der Waals surface area contributed by atoms with E-state index in [4.69, 9.17) is 17.2 Å². The van der Waals surface area contributed by atoms with Gasteiger partial charge in [0.05, 0.1) is 11.7 Å². The molecule has 6 nitrogen and oxygen atoms in total. The number of aromatic nitrogens is 3. The monoisotopic (exact) mass is 418 g/mol. The topological polar surface area (TPSA) is 78.6 Å². The first-order valence-electron chi connectivity index (χ1n) is 10.4. The Bertz CT molecular complexity index is 1150. The number of thiocarbonyl (C=S) groups is 1. The molecule has 154 valence electrons. The summed E-state index contributed by atoms with van der Waals surface area (Å²) in [5, 5.41) is 22.3. The van der Waals surface area contributed by atoms with Crippen molar-refractivity contribution in [3.8, 4) is 11.9 Å². The summed E-state index contributed by atoms with van der Waals surface area (Å²) in [6, 6.07) is 8.87. The first-order valence-corrected chi connectivity index (χ1v) is 10.8. The van der Waals surface area contributed by atoms with Crippen molar-refractivity contribution in [2.24, 2.45) is 0 Å². The molecule has 7 heteroatoms. The molecule has 1 aliphatic rings. The van der Waals surface area contributed by atoms with E-state index in [0.29, 0.717) is 28.4 Å². The number of hydrogen-bond donors (Lipinski definition) is 2. The van der Waals surface area contributed by atoms with Crippen LogP contribution in [-0.4, -0.2) is 25.9 Å². The van der Waals surface area contributed by atoms with E-state index in [9.17, 15) is 5.26 Å². The fourth-order valence-corrected chi connectivity index (χ4v) is 4.50. The number of pyridine rings is 1. The lowest BCUT2D eigenvalue weighted by molar-refractivity contribution is 0.414. The van der Waals surface area contributed by atoms with Crippen molar-refractivity contribution in [3.63, 3.8) is 0 Å². The highest BCUT2D eigenvalue weighted by molar-refractivity contribution is 7.80. The van der Waals surface area contributed by atoms with Gasteiger partial charge in [-0.25, -0.2) is 4.98 Å². The average molecular weight is 419 g/mol. The Hall–Kier alpha value is -2.98. The van der Waals surface area contributed by atoms with E-state index in [1.807, 2.05) is 6.07 Å². The molecule has 1 saturated carbocycles. The molecular weight excluding hydrogens is 392 g/mol. The van der Waals surface area contributed by atoms with Gasteiger partial charge in [0, 0.05) is 11.4 Å². The zero-order valence-electron chi connectivity index (χ0n) is 17.6. The fraction of sp³-hybridized carbons (Fsp3) is 0.391. The molecule has 1 aromatic carbocycles. The summed E-state index contributed by atoms with van der Waals surface area (Å²) >= 11 is 5.54. The average Bonchev–Trinajstić information content (AvgIpc) is 3.11. The molecule has 2 N–H and O–H groups in total. The van der Waals surface area contributed by atoms with Crippen LogP contribution in [0, 0.1) is 32.1 Å². The molecule has 2 aromatic heterocycles. The Morgan fingerprint density at radius 3 is 2.63 bits per heavy atom. The van der Waals surface area contributed by atoms with Gasteiger partial charge in [-0.3, -0.25) is 0 Å². The molecule has 0 amide bonds. The minimum absolute atomic E-state index is 0.382. The van der Waals surface area contributed by atoms with Gasteiger partial charge in [0.2, 0.25) is 0 Å². The number of anilines is 1. The van der Waals surface area contributed by atoms with E-state index in [1.54, 1.807) is 10.9 Å². The minimum Gasteiger partial charge on any atom is -0.360 e. The summed E-state index contributed by atoms with van der Waals surface area (Å²) < 4.78 is 1.67. The Balaban J connectivity index is 1.69. The van der Waals surface area contributed by atoms with Gasteiger partial charge in [0.1, 0.15) is 11.6 Å². The summed E-state index contributed by atoms with van der Waals surface area (Å²) in [6.07, 6.45) is 7.53. The third kappa shape index (κ3) is 4.01. The highest BCUT2D eigenvalue weighted by Crippen LogP contribution is 2.26.